The van der Waals surface area contributed by atoms with E-state index in [-0.39, 0.29) is 0 Å². The van der Waals surface area contributed by atoms with Crippen LogP contribution >= 0.6 is 81.7 Å². The third kappa shape index (κ3) is 7.53. The van der Waals surface area contributed by atoms with Crippen molar-refractivity contribution in [3.8, 4) is 0 Å². The predicted molar refractivity (Wildman–Crippen MR) is 149 cm³/mol. The van der Waals surface area contributed by atoms with Gasteiger partial charge >= 0.3 is 0 Å². The smallest absolute Gasteiger partial charge is 0.0461 e. The molecule has 168 valence electrons. The van der Waals surface area contributed by atoms with Crippen molar-refractivity contribution in [2.75, 3.05) is 0 Å². The highest BCUT2D eigenvalue weighted by Crippen LogP contribution is 2.34. The molecule has 0 aromatic heterocycles. The molecular formula is C26H18Cl4S3. The van der Waals surface area contributed by atoms with Gasteiger partial charge in [-0.25, -0.2) is 0 Å². The standard InChI is InChI=1S/C26H18Cl4S3/c27-19-3-1-17(25(29)13-19)15-31-21-5-9-23(10-6-21)33-24-11-7-22(8-12-24)32-16-18-2-4-20(28)14-26(18)30/h1-14H,15-16H2. The maximum absolute atomic E-state index is 6.27. The van der Waals surface area contributed by atoms with E-state index in [0.717, 1.165) is 22.6 Å². The van der Waals surface area contributed by atoms with Crippen molar-refractivity contribution in [2.24, 2.45) is 0 Å². The minimum atomic E-state index is 0.660. The van der Waals surface area contributed by atoms with Gasteiger partial charge in [-0.15, -0.1) is 23.5 Å². The Kier molecular flexibility index (Phi) is 9.29. The topological polar surface area (TPSA) is 0 Å². The van der Waals surface area contributed by atoms with Gasteiger partial charge in [0.1, 0.15) is 0 Å². The highest BCUT2D eigenvalue weighted by atomic mass is 35.5. The van der Waals surface area contributed by atoms with Gasteiger partial charge < -0.3 is 0 Å². The lowest BCUT2D eigenvalue weighted by atomic mass is 10.2. The molecule has 4 aromatic rings. The van der Waals surface area contributed by atoms with E-state index in [1.165, 1.54) is 19.6 Å². The lowest BCUT2D eigenvalue weighted by Gasteiger charge is -2.07. The molecule has 0 unspecified atom stereocenters. The maximum atomic E-state index is 6.27. The van der Waals surface area contributed by atoms with Gasteiger partial charge in [-0.05, 0) is 83.9 Å². The van der Waals surface area contributed by atoms with Crippen molar-refractivity contribution >= 4 is 81.7 Å². The summed E-state index contributed by atoms with van der Waals surface area (Å²) in [4.78, 5) is 4.82. The second-order valence-corrected chi connectivity index (χ2v) is 12.0. The van der Waals surface area contributed by atoms with Crippen molar-refractivity contribution in [3.63, 3.8) is 0 Å². The van der Waals surface area contributed by atoms with Crippen LogP contribution in [0.4, 0.5) is 0 Å². The highest BCUT2D eigenvalue weighted by molar-refractivity contribution is 7.99. The second kappa shape index (κ2) is 12.2. The van der Waals surface area contributed by atoms with Crippen LogP contribution in [0.5, 0.6) is 0 Å². The number of benzene rings is 4. The molecule has 0 heterocycles. The number of rotatable bonds is 8. The molecule has 4 aromatic carbocycles. The summed E-state index contributed by atoms with van der Waals surface area (Å²) < 4.78 is 0. The van der Waals surface area contributed by atoms with Crippen LogP contribution in [0, 0.1) is 0 Å². The third-order valence-corrected chi connectivity index (χ3v) is 9.01. The van der Waals surface area contributed by atoms with Crippen molar-refractivity contribution in [3.05, 3.63) is 116 Å². The normalized spacial score (nSPS) is 11.0. The molecule has 4 rings (SSSR count). The van der Waals surface area contributed by atoms with E-state index in [9.17, 15) is 0 Å². The van der Waals surface area contributed by atoms with Crippen LogP contribution in [0.1, 0.15) is 11.1 Å². The number of thioether (sulfide) groups is 2. The van der Waals surface area contributed by atoms with Crippen LogP contribution in [0.3, 0.4) is 0 Å². The molecule has 0 aliphatic carbocycles. The minimum absolute atomic E-state index is 0.660. The molecule has 7 heteroatoms. The predicted octanol–water partition coefficient (Wildman–Crippen LogP) is 11.0. The molecule has 0 aliphatic heterocycles. The Labute approximate surface area is 227 Å². The molecule has 0 aliphatic rings. The Morgan fingerprint density at radius 2 is 0.818 bits per heavy atom. The third-order valence-electron chi connectivity index (χ3n) is 4.70. The van der Waals surface area contributed by atoms with E-state index in [0.29, 0.717) is 20.1 Å². The van der Waals surface area contributed by atoms with Crippen LogP contribution in [0.15, 0.2) is 105 Å². The fraction of sp³-hybridized carbons (Fsp3) is 0.0769. The van der Waals surface area contributed by atoms with Crippen LogP contribution in [-0.4, -0.2) is 0 Å². The van der Waals surface area contributed by atoms with Gasteiger partial charge in [0.15, 0.2) is 0 Å². The van der Waals surface area contributed by atoms with E-state index in [1.54, 1.807) is 47.4 Å². The summed E-state index contributed by atoms with van der Waals surface area (Å²) in [6, 6.07) is 28.5. The maximum Gasteiger partial charge on any atom is 0.0461 e. The molecule has 0 radical (unpaired) electrons. The van der Waals surface area contributed by atoms with E-state index < -0.39 is 0 Å². The van der Waals surface area contributed by atoms with Crippen molar-refractivity contribution in [2.45, 2.75) is 31.1 Å². The zero-order valence-corrected chi connectivity index (χ0v) is 22.7. The zero-order chi connectivity index (χ0) is 23.2. The summed E-state index contributed by atoms with van der Waals surface area (Å²) in [6.07, 6.45) is 0. The summed E-state index contributed by atoms with van der Waals surface area (Å²) in [5, 5.41) is 2.74. The average Bonchev–Trinajstić information content (AvgIpc) is 2.80. The van der Waals surface area contributed by atoms with Gasteiger partial charge in [-0.3, -0.25) is 0 Å². The van der Waals surface area contributed by atoms with Gasteiger partial charge in [0.2, 0.25) is 0 Å². The first-order chi connectivity index (χ1) is 16.0. The monoisotopic (exact) mass is 566 g/mol. The Balaban J connectivity index is 1.29. The van der Waals surface area contributed by atoms with Gasteiger partial charge in [0.25, 0.3) is 0 Å². The molecule has 0 atom stereocenters. The Morgan fingerprint density at radius 1 is 0.455 bits per heavy atom. The van der Waals surface area contributed by atoms with Gasteiger partial charge in [0, 0.05) is 51.2 Å². The summed E-state index contributed by atoms with van der Waals surface area (Å²) in [7, 11) is 0. The van der Waals surface area contributed by atoms with Crippen LogP contribution in [-0.2, 0) is 11.5 Å². The first-order valence-corrected chi connectivity index (χ1v) is 14.3. The number of hydrogen-bond donors (Lipinski definition) is 0. The SMILES string of the molecule is Clc1ccc(CSc2ccc(Sc3ccc(SCc4ccc(Cl)cc4Cl)cc3)cc2)c(Cl)c1. The Bertz CT molecular complexity index is 1130. The van der Waals surface area contributed by atoms with Crippen LogP contribution in [0.25, 0.3) is 0 Å². The fourth-order valence-electron chi connectivity index (χ4n) is 2.94. The molecule has 0 N–H and O–H groups in total. The van der Waals surface area contributed by atoms with Gasteiger partial charge in [-0.2, -0.15) is 0 Å². The van der Waals surface area contributed by atoms with E-state index in [4.69, 9.17) is 46.4 Å². The highest BCUT2D eigenvalue weighted by Gasteiger charge is 2.05. The van der Waals surface area contributed by atoms with Crippen LogP contribution in [0.2, 0.25) is 20.1 Å². The minimum Gasteiger partial charge on any atom is -0.121 e. The lowest BCUT2D eigenvalue weighted by molar-refractivity contribution is 1.30. The largest absolute Gasteiger partial charge is 0.121 e. The van der Waals surface area contributed by atoms with E-state index in [1.807, 2.05) is 24.3 Å². The Hall–Kier alpha value is -0.910. The summed E-state index contributed by atoms with van der Waals surface area (Å²) >= 11 is 29.8. The summed E-state index contributed by atoms with van der Waals surface area (Å²) in [5.41, 5.74) is 2.17. The number of hydrogen-bond acceptors (Lipinski definition) is 3. The number of halogens is 4. The fourth-order valence-corrected chi connectivity index (χ4v) is 6.67. The molecule has 0 spiro atoms. The van der Waals surface area contributed by atoms with Crippen molar-refractivity contribution in [1.29, 1.82) is 0 Å². The van der Waals surface area contributed by atoms with Crippen molar-refractivity contribution < 1.29 is 0 Å². The summed E-state index contributed by atoms with van der Waals surface area (Å²) in [5.74, 6) is 1.62. The first kappa shape index (κ1) is 25.2. The molecule has 0 saturated carbocycles. The van der Waals surface area contributed by atoms with Crippen molar-refractivity contribution in [1.82, 2.24) is 0 Å². The molecular weight excluding hydrogens is 550 g/mol. The molecule has 0 bridgehead atoms. The Morgan fingerprint density at radius 3 is 1.18 bits per heavy atom. The first-order valence-electron chi connectivity index (χ1n) is 9.98. The molecule has 0 saturated heterocycles. The lowest BCUT2D eigenvalue weighted by Crippen LogP contribution is -1.83. The van der Waals surface area contributed by atoms with Crippen LogP contribution < -0.4 is 0 Å². The van der Waals surface area contributed by atoms with Gasteiger partial charge in [0.05, 0.1) is 0 Å². The molecule has 33 heavy (non-hydrogen) atoms. The molecule has 0 amide bonds. The quantitative estimate of drug-likeness (QED) is 0.194. The summed E-state index contributed by atoms with van der Waals surface area (Å²) in [6.45, 7) is 0. The van der Waals surface area contributed by atoms with E-state index in [2.05, 4.69) is 48.5 Å². The van der Waals surface area contributed by atoms with E-state index >= 15 is 0 Å². The second-order valence-electron chi connectivity index (χ2n) is 7.09. The molecule has 0 fully saturated rings. The average molecular weight is 568 g/mol. The van der Waals surface area contributed by atoms with Gasteiger partial charge in [-0.1, -0.05) is 70.3 Å². The molecule has 0 nitrogen and oxygen atoms in total. The zero-order valence-electron chi connectivity index (χ0n) is 17.2.